The van der Waals surface area contributed by atoms with Gasteiger partial charge in [0, 0.05) is 6.04 Å². The number of hydrogen-bond acceptors (Lipinski definition) is 4. The molecule has 1 unspecified atom stereocenters. The second-order valence-corrected chi connectivity index (χ2v) is 8.59. The maximum absolute atomic E-state index is 13.4. The van der Waals surface area contributed by atoms with E-state index in [4.69, 9.17) is 0 Å². The lowest BCUT2D eigenvalue weighted by molar-refractivity contribution is -0.120. The third-order valence-corrected chi connectivity index (χ3v) is 6.24. The maximum atomic E-state index is 13.4. The van der Waals surface area contributed by atoms with Crippen LogP contribution < -0.4 is 10.9 Å². The third-order valence-electron chi connectivity index (χ3n) is 5.18. The monoisotopic (exact) mass is 411 g/mol. The van der Waals surface area contributed by atoms with E-state index in [1.54, 1.807) is 30.3 Å². The molecular weight excluding hydrogens is 389 g/mol. The van der Waals surface area contributed by atoms with E-state index in [2.05, 4.69) is 10.3 Å². The summed E-state index contributed by atoms with van der Waals surface area (Å²) in [5.41, 5.74) is 0.843. The van der Waals surface area contributed by atoms with Crippen LogP contribution in [0.5, 0.6) is 0 Å². The van der Waals surface area contributed by atoms with Gasteiger partial charge in [0.15, 0.2) is 5.16 Å². The molecule has 0 bridgehead atoms. The number of carbonyl (C=O) groups is 1. The minimum absolute atomic E-state index is 0.0602. The first-order valence-electron chi connectivity index (χ1n) is 9.78. The van der Waals surface area contributed by atoms with Crippen LogP contribution in [-0.2, 0) is 4.79 Å². The molecule has 0 spiro atoms. The fraction of sp³-hybridized carbons (Fsp3) is 0.318. The van der Waals surface area contributed by atoms with Gasteiger partial charge >= 0.3 is 0 Å². The number of thioether (sulfide) groups is 1. The quantitative estimate of drug-likeness (QED) is 0.508. The van der Waals surface area contributed by atoms with Gasteiger partial charge in [-0.15, -0.1) is 0 Å². The van der Waals surface area contributed by atoms with Gasteiger partial charge in [0.05, 0.1) is 21.8 Å². The minimum Gasteiger partial charge on any atom is -0.352 e. The Bertz CT molecular complexity index is 1090. The highest BCUT2D eigenvalue weighted by atomic mass is 32.2. The Morgan fingerprint density at radius 3 is 2.59 bits per heavy atom. The van der Waals surface area contributed by atoms with Crippen LogP contribution in [0.2, 0.25) is 0 Å². The van der Waals surface area contributed by atoms with Gasteiger partial charge in [0.1, 0.15) is 5.82 Å². The first-order chi connectivity index (χ1) is 14.0. The van der Waals surface area contributed by atoms with Crippen LogP contribution in [0.4, 0.5) is 4.39 Å². The summed E-state index contributed by atoms with van der Waals surface area (Å²) in [7, 11) is 0. The summed E-state index contributed by atoms with van der Waals surface area (Å²) >= 11 is 1.24. The van der Waals surface area contributed by atoms with Crippen molar-refractivity contribution in [3.05, 3.63) is 64.7 Å². The Morgan fingerprint density at radius 2 is 1.86 bits per heavy atom. The highest BCUT2D eigenvalue weighted by molar-refractivity contribution is 8.00. The molecule has 3 aromatic rings. The largest absolute Gasteiger partial charge is 0.352 e. The summed E-state index contributed by atoms with van der Waals surface area (Å²) in [6.45, 7) is 1.81. The Morgan fingerprint density at radius 1 is 1.17 bits per heavy atom. The van der Waals surface area contributed by atoms with E-state index < -0.39 is 5.25 Å². The molecule has 0 radical (unpaired) electrons. The molecule has 1 aliphatic carbocycles. The molecule has 2 aromatic carbocycles. The molecule has 1 atom stereocenters. The van der Waals surface area contributed by atoms with E-state index in [-0.39, 0.29) is 23.3 Å². The Labute approximate surface area is 172 Å². The summed E-state index contributed by atoms with van der Waals surface area (Å²) in [6, 6.07) is 13.0. The normalized spacial score (nSPS) is 15.5. The standard InChI is InChI=1S/C22H22FN3O2S/c1-14(20(27)24-16-6-2-3-7-16)29-22-25-19-9-5-4-8-18(19)21(28)26(22)17-12-10-15(23)11-13-17/h4-5,8-14,16H,2-3,6-7H2,1H3,(H,24,27). The van der Waals surface area contributed by atoms with Crippen LogP contribution in [0.15, 0.2) is 58.5 Å². The fourth-order valence-electron chi connectivity index (χ4n) is 3.61. The van der Waals surface area contributed by atoms with Crippen molar-refractivity contribution in [1.29, 1.82) is 0 Å². The molecule has 0 saturated heterocycles. The van der Waals surface area contributed by atoms with E-state index in [1.807, 2.05) is 13.0 Å². The van der Waals surface area contributed by atoms with Crippen LogP contribution in [-0.4, -0.2) is 26.8 Å². The lowest BCUT2D eigenvalue weighted by Gasteiger charge is -2.18. The van der Waals surface area contributed by atoms with E-state index in [1.165, 1.54) is 28.5 Å². The van der Waals surface area contributed by atoms with Crippen molar-refractivity contribution in [3.8, 4) is 5.69 Å². The predicted octanol–water partition coefficient (Wildman–Crippen LogP) is 4.06. The molecule has 5 nitrogen and oxygen atoms in total. The van der Waals surface area contributed by atoms with Crippen molar-refractivity contribution >= 4 is 28.6 Å². The van der Waals surface area contributed by atoms with E-state index in [9.17, 15) is 14.0 Å². The zero-order valence-electron chi connectivity index (χ0n) is 16.1. The number of nitrogens with one attached hydrogen (secondary N) is 1. The lowest BCUT2D eigenvalue weighted by Crippen LogP contribution is -2.38. The van der Waals surface area contributed by atoms with Gasteiger partial charge in [0.25, 0.3) is 5.56 Å². The first-order valence-corrected chi connectivity index (χ1v) is 10.7. The molecule has 150 valence electrons. The number of nitrogens with zero attached hydrogens (tertiary/aromatic N) is 2. The number of para-hydroxylation sites is 1. The highest BCUT2D eigenvalue weighted by Crippen LogP contribution is 2.26. The average Bonchev–Trinajstić information content (AvgIpc) is 3.22. The van der Waals surface area contributed by atoms with Gasteiger partial charge in [-0.25, -0.2) is 9.37 Å². The molecule has 1 heterocycles. The number of rotatable bonds is 5. The minimum atomic E-state index is -0.421. The molecule has 0 aliphatic heterocycles. The van der Waals surface area contributed by atoms with Gasteiger partial charge < -0.3 is 5.32 Å². The number of halogens is 1. The second kappa shape index (κ2) is 8.37. The Kier molecular flexibility index (Phi) is 5.67. The molecule has 1 amide bonds. The summed E-state index contributed by atoms with van der Waals surface area (Å²) < 4.78 is 14.9. The smallest absolute Gasteiger partial charge is 0.266 e. The molecule has 7 heteroatoms. The van der Waals surface area contributed by atoms with Gasteiger partial charge in [0.2, 0.25) is 5.91 Å². The van der Waals surface area contributed by atoms with Gasteiger partial charge in [-0.1, -0.05) is 36.7 Å². The van der Waals surface area contributed by atoms with Gasteiger partial charge in [-0.05, 0) is 56.2 Å². The zero-order valence-corrected chi connectivity index (χ0v) is 16.9. The number of fused-ring (bicyclic) bond motifs is 1. The number of hydrogen-bond donors (Lipinski definition) is 1. The van der Waals surface area contributed by atoms with Crippen LogP contribution in [0.3, 0.4) is 0 Å². The number of amides is 1. The summed E-state index contributed by atoms with van der Waals surface area (Å²) in [6.07, 6.45) is 4.31. The van der Waals surface area contributed by atoms with Crippen molar-refractivity contribution < 1.29 is 9.18 Å². The third kappa shape index (κ3) is 4.19. The predicted molar refractivity (Wildman–Crippen MR) is 113 cm³/mol. The molecule has 1 N–H and O–H groups in total. The lowest BCUT2D eigenvalue weighted by atomic mass is 10.2. The number of carbonyl (C=O) groups excluding carboxylic acids is 1. The molecule has 4 rings (SSSR count). The number of aromatic nitrogens is 2. The van der Waals surface area contributed by atoms with Crippen molar-refractivity contribution in [2.75, 3.05) is 0 Å². The molecule has 1 aliphatic rings. The van der Waals surface area contributed by atoms with E-state index in [0.717, 1.165) is 25.7 Å². The van der Waals surface area contributed by atoms with Crippen LogP contribution in [0.25, 0.3) is 16.6 Å². The summed E-state index contributed by atoms with van der Waals surface area (Å²) in [5.74, 6) is -0.441. The first kappa shape index (κ1) is 19.6. The van der Waals surface area contributed by atoms with Crippen molar-refractivity contribution in [3.63, 3.8) is 0 Å². The van der Waals surface area contributed by atoms with Crippen molar-refractivity contribution in [2.24, 2.45) is 0 Å². The summed E-state index contributed by atoms with van der Waals surface area (Å²) in [5, 5.41) is 3.56. The average molecular weight is 412 g/mol. The molecule has 29 heavy (non-hydrogen) atoms. The van der Waals surface area contributed by atoms with Crippen LogP contribution in [0.1, 0.15) is 32.6 Å². The topological polar surface area (TPSA) is 64.0 Å². The number of benzene rings is 2. The molecule has 1 saturated carbocycles. The summed E-state index contributed by atoms with van der Waals surface area (Å²) in [4.78, 5) is 30.5. The van der Waals surface area contributed by atoms with Crippen molar-refractivity contribution in [1.82, 2.24) is 14.9 Å². The van der Waals surface area contributed by atoms with E-state index >= 15 is 0 Å². The second-order valence-electron chi connectivity index (χ2n) is 7.28. The maximum Gasteiger partial charge on any atom is 0.266 e. The fourth-order valence-corrected chi connectivity index (χ4v) is 4.55. The van der Waals surface area contributed by atoms with E-state index in [0.29, 0.717) is 21.7 Å². The highest BCUT2D eigenvalue weighted by Gasteiger charge is 2.23. The zero-order chi connectivity index (χ0) is 20.4. The van der Waals surface area contributed by atoms with Gasteiger partial charge in [-0.3, -0.25) is 14.2 Å². The molecular formula is C22H22FN3O2S. The van der Waals surface area contributed by atoms with Crippen LogP contribution in [0, 0.1) is 5.82 Å². The Hall–Kier alpha value is -2.67. The molecule has 1 fully saturated rings. The molecule has 1 aromatic heterocycles. The SMILES string of the molecule is CC(Sc1nc2ccccc2c(=O)n1-c1ccc(F)cc1)C(=O)NC1CCCC1. The van der Waals surface area contributed by atoms with Crippen molar-refractivity contribution in [2.45, 2.75) is 49.1 Å². The van der Waals surface area contributed by atoms with Crippen LogP contribution >= 0.6 is 11.8 Å². The van der Waals surface area contributed by atoms with Gasteiger partial charge in [-0.2, -0.15) is 0 Å². The Balaban J connectivity index is 1.71.